The van der Waals surface area contributed by atoms with Crippen molar-refractivity contribution in [2.45, 2.75) is 25.9 Å². The summed E-state index contributed by atoms with van der Waals surface area (Å²) in [7, 11) is 3.58. The zero-order valence-electron chi connectivity index (χ0n) is 20.6. The predicted molar refractivity (Wildman–Crippen MR) is 142 cm³/mol. The second-order valence-electron chi connectivity index (χ2n) is 8.96. The first-order valence-corrected chi connectivity index (χ1v) is 12.0. The fraction of sp³-hybridized carbons (Fsp3) is 0.222. The van der Waals surface area contributed by atoms with Crippen LogP contribution in [0.4, 0.5) is 23.1 Å². The monoisotopic (exact) mass is 495 g/mol. The van der Waals surface area contributed by atoms with Crippen molar-refractivity contribution in [2.24, 2.45) is 0 Å². The van der Waals surface area contributed by atoms with E-state index in [2.05, 4.69) is 25.6 Å². The maximum atomic E-state index is 12.9. The van der Waals surface area contributed by atoms with E-state index < -0.39 is 0 Å². The number of carbonyl (C=O) groups excluding carboxylic acids is 1. The highest BCUT2D eigenvalue weighted by atomic mass is 16.5. The number of nitrogens with one attached hydrogen (secondary N) is 2. The van der Waals surface area contributed by atoms with Gasteiger partial charge in [-0.3, -0.25) is 4.79 Å². The number of pyridine rings is 3. The Kier molecular flexibility index (Phi) is 5.56. The van der Waals surface area contributed by atoms with E-state index in [0.29, 0.717) is 53.2 Å². The molecule has 0 radical (unpaired) electrons. The molecule has 0 aliphatic carbocycles. The molecule has 5 aromatic rings. The lowest BCUT2D eigenvalue weighted by molar-refractivity contribution is -0.118. The van der Waals surface area contributed by atoms with Crippen LogP contribution >= 0.6 is 0 Å². The second kappa shape index (κ2) is 9.05. The summed E-state index contributed by atoms with van der Waals surface area (Å²) in [5.41, 5.74) is 2.73. The van der Waals surface area contributed by atoms with Gasteiger partial charge >= 0.3 is 0 Å². The minimum Gasteiger partial charge on any atom is -0.475 e. The zero-order valence-corrected chi connectivity index (χ0v) is 20.6. The highest BCUT2D eigenvalue weighted by Gasteiger charge is 2.19. The SMILES string of the molecule is CNc1ncc2c3cc(ncc13)Nc1cccc(n1)OC(C)CCC(=O)N(C)c1ccc3oc-2nc3c1. The Morgan fingerprint density at radius 2 is 1.95 bits per heavy atom. The van der Waals surface area contributed by atoms with Crippen LogP contribution in [-0.4, -0.2) is 46.0 Å². The largest absolute Gasteiger partial charge is 0.475 e. The van der Waals surface area contributed by atoms with Gasteiger partial charge in [-0.05, 0) is 43.7 Å². The van der Waals surface area contributed by atoms with Crippen molar-refractivity contribution < 1.29 is 13.9 Å². The van der Waals surface area contributed by atoms with Crippen molar-refractivity contribution in [3.05, 3.63) is 54.9 Å². The number of benzene rings is 1. The Balaban J connectivity index is 1.53. The highest BCUT2D eigenvalue weighted by Crippen LogP contribution is 2.35. The number of aromatic nitrogens is 4. The number of ether oxygens (including phenoxy) is 1. The number of amides is 1. The van der Waals surface area contributed by atoms with Gasteiger partial charge < -0.3 is 24.7 Å². The molecule has 7 bridgehead atoms. The van der Waals surface area contributed by atoms with Crippen LogP contribution in [0, 0.1) is 0 Å². The third kappa shape index (κ3) is 4.26. The van der Waals surface area contributed by atoms with E-state index in [-0.39, 0.29) is 12.0 Å². The van der Waals surface area contributed by atoms with Crippen LogP contribution in [0.3, 0.4) is 0 Å². The van der Waals surface area contributed by atoms with Gasteiger partial charge in [-0.1, -0.05) is 6.07 Å². The number of anilines is 4. The minimum absolute atomic E-state index is 0.0181. The summed E-state index contributed by atoms with van der Waals surface area (Å²) >= 11 is 0. The molecule has 1 aromatic carbocycles. The molecule has 1 aliphatic heterocycles. The fourth-order valence-electron chi connectivity index (χ4n) is 4.40. The van der Waals surface area contributed by atoms with Crippen LogP contribution in [0.25, 0.3) is 33.3 Å². The summed E-state index contributed by atoms with van der Waals surface area (Å²) in [6, 6.07) is 13.0. The summed E-state index contributed by atoms with van der Waals surface area (Å²) in [6.07, 6.45) is 4.17. The summed E-state index contributed by atoms with van der Waals surface area (Å²) < 4.78 is 12.1. The predicted octanol–water partition coefficient (Wildman–Crippen LogP) is 5.14. The number of carbonyl (C=O) groups is 1. The van der Waals surface area contributed by atoms with Crippen LogP contribution < -0.4 is 20.3 Å². The summed E-state index contributed by atoms with van der Waals surface area (Å²) in [5, 5.41) is 8.06. The molecule has 1 aliphatic rings. The Labute approximate surface area is 212 Å². The first-order valence-electron chi connectivity index (χ1n) is 12.0. The highest BCUT2D eigenvalue weighted by molar-refractivity contribution is 6.02. The summed E-state index contributed by atoms with van der Waals surface area (Å²) in [6.45, 7) is 1.93. The van der Waals surface area contributed by atoms with Crippen LogP contribution in [0.15, 0.2) is 59.3 Å². The molecule has 1 atom stereocenters. The van der Waals surface area contributed by atoms with Crippen molar-refractivity contribution in [2.75, 3.05) is 29.6 Å². The number of hydrogen-bond donors (Lipinski definition) is 2. The Hall–Kier alpha value is -4.73. The molecule has 4 aromatic heterocycles. The first kappa shape index (κ1) is 22.7. The zero-order chi connectivity index (χ0) is 25.5. The van der Waals surface area contributed by atoms with Gasteiger partial charge in [0.2, 0.25) is 17.7 Å². The number of hydrogen-bond acceptors (Lipinski definition) is 9. The molecule has 37 heavy (non-hydrogen) atoms. The summed E-state index contributed by atoms with van der Waals surface area (Å²) in [4.78, 5) is 33.0. The number of oxazole rings is 1. The molecule has 0 saturated carbocycles. The molecular weight excluding hydrogens is 470 g/mol. The molecule has 10 nitrogen and oxygen atoms in total. The summed E-state index contributed by atoms with van der Waals surface area (Å²) in [5.74, 6) is 2.76. The lowest BCUT2D eigenvalue weighted by Gasteiger charge is -2.19. The molecule has 1 amide bonds. The smallest absolute Gasteiger partial charge is 0.229 e. The van der Waals surface area contributed by atoms with Gasteiger partial charge in [-0.15, -0.1) is 0 Å². The third-order valence-corrected chi connectivity index (χ3v) is 6.44. The lowest BCUT2D eigenvalue weighted by Crippen LogP contribution is -2.27. The van der Waals surface area contributed by atoms with Crippen molar-refractivity contribution in [3.8, 4) is 17.3 Å². The van der Waals surface area contributed by atoms with Gasteiger partial charge in [-0.25, -0.2) is 15.0 Å². The van der Waals surface area contributed by atoms with Crippen molar-refractivity contribution in [1.82, 2.24) is 19.9 Å². The van der Waals surface area contributed by atoms with Crippen LogP contribution in [-0.2, 0) is 4.79 Å². The molecule has 0 fully saturated rings. The van der Waals surface area contributed by atoms with Crippen LogP contribution in [0.2, 0.25) is 0 Å². The Morgan fingerprint density at radius 1 is 1.05 bits per heavy atom. The van der Waals surface area contributed by atoms with E-state index in [1.165, 1.54) is 0 Å². The number of fused-ring (bicyclic) bond motifs is 6. The molecule has 6 rings (SSSR count). The van der Waals surface area contributed by atoms with E-state index in [0.717, 1.165) is 22.0 Å². The van der Waals surface area contributed by atoms with E-state index >= 15 is 0 Å². The minimum atomic E-state index is -0.198. The fourth-order valence-corrected chi connectivity index (χ4v) is 4.40. The van der Waals surface area contributed by atoms with Crippen molar-refractivity contribution in [3.63, 3.8) is 0 Å². The average Bonchev–Trinajstić information content (AvgIpc) is 3.33. The van der Waals surface area contributed by atoms with Gasteiger partial charge in [0.1, 0.15) is 23.0 Å². The number of rotatable bonds is 1. The van der Waals surface area contributed by atoms with Gasteiger partial charge in [-0.2, -0.15) is 4.98 Å². The Morgan fingerprint density at radius 3 is 2.81 bits per heavy atom. The van der Waals surface area contributed by atoms with Crippen LogP contribution in [0.5, 0.6) is 5.88 Å². The first-order chi connectivity index (χ1) is 18.0. The van der Waals surface area contributed by atoms with Gasteiger partial charge in [0.25, 0.3) is 0 Å². The van der Waals surface area contributed by atoms with Crippen LogP contribution in [0.1, 0.15) is 19.8 Å². The topological polar surface area (TPSA) is 118 Å². The average molecular weight is 496 g/mol. The second-order valence-corrected chi connectivity index (χ2v) is 8.96. The van der Waals surface area contributed by atoms with Crippen molar-refractivity contribution >= 4 is 50.9 Å². The molecule has 10 heteroatoms. The molecule has 186 valence electrons. The number of nitrogens with zero attached hydrogens (tertiary/aromatic N) is 5. The normalized spacial score (nSPS) is 15.9. The maximum Gasteiger partial charge on any atom is 0.229 e. The van der Waals surface area contributed by atoms with Gasteiger partial charge in [0.15, 0.2) is 5.58 Å². The molecule has 5 heterocycles. The Bertz CT molecular complexity index is 1650. The molecule has 0 saturated heterocycles. The standard InChI is InChI=1S/C27H25N7O3/c1-15-7-10-25(35)34(3)16-8-9-21-20(11-16)31-27(37-21)19-14-30-26(28-2)18-13-29-23(12-17(18)19)32-22-5-4-6-24(33-22)36-15/h4-6,8-9,11-15H,7,10H2,1-3H3,(H,28,30)(H,29,32,33). The van der Waals surface area contributed by atoms with E-state index in [4.69, 9.17) is 14.1 Å². The van der Waals surface area contributed by atoms with E-state index in [1.54, 1.807) is 30.4 Å². The van der Waals surface area contributed by atoms with E-state index in [1.807, 2.05) is 50.4 Å². The van der Waals surface area contributed by atoms with E-state index in [9.17, 15) is 4.79 Å². The lowest BCUT2D eigenvalue weighted by atomic mass is 10.1. The molecule has 0 spiro atoms. The molecule has 1 unspecified atom stereocenters. The van der Waals surface area contributed by atoms with Gasteiger partial charge in [0.05, 0.1) is 11.7 Å². The third-order valence-electron chi connectivity index (χ3n) is 6.44. The van der Waals surface area contributed by atoms with Gasteiger partial charge in [0, 0.05) is 55.4 Å². The quantitative estimate of drug-likeness (QED) is 0.326. The maximum absolute atomic E-state index is 12.9. The molecular formula is C27H25N7O3. The molecule has 2 N–H and O–H groups in total. The van der Waals surface area contributed by atoms with Crippen molar-refractivity contribution in [1.29, 1.82) is 0 Å².